The zero-order valence-electron chi connectivity index (χ0n) is 17.5. The molecule has 0 spiro atoms. The zero-order chi connectivity index (χ0) is 24.1. The first kappa shape index (κ1) is 23.3. The second-order valence-electron chi connectivity index (χ2n) is 8.58. The molecule has 0 N–H and O–H groups in total. The van der Waals surface area contributed by atoms with Gasteiger partial charge in [0.1, 0.15) is 23.5 Å². The molecule has 4 rings (SSSR count). The monoisotopic (exact) mass is 477 g/mol. The van der Waals surface area contributed by atoms with Crippen LogP contribution in [0.3, 0.4) is 0 Å². The summed E-state index contributed by atoms with van der Waals surface area (Å²) in [6.07, 6.45) is -8.20. The van der Waals surface area contributed by atoms with Crippen LogP contribution in [0.1, 0.15) is 55.2 Å². The van der Waals surface area contributed by atoms with Gasteiger partial charge in [-0.2, -0.15) is 31.4 Å². The first-order chi connectivity index (χ1) is 15.4. The summed E-state index contributed by atoms with van der Waals surface area (Å²) in [5, 5.41) is 3.87. The molecule has 7 nitrogen and oxygen atoms in total. The van der Waals surface area contributed by atoms with Crippen molar-refractivity contribution in [3.63, 3.8) is 0 Å². The topological polar surface area (TPSA) is 73.0 Å². The Morgan fingerprint density at radius 2 is 1.85 bits per heavy atom. The summed E-state index contributed by atoms with van der Waals surface area (Å²) >= 11 is 0. The standard InChI is InChI=1S/C20H21F6N5O2/c1-11-6-7-29(9-11)17(32)14-4-3-13(19(21,22)23)16-28-30(18(33)31(14)16)10-12-2-5-15(27-8-12)20(24,25)26/h2,5,8,11,13-14H,3-4,6-7,9-10H2,1H3/t11-,13?,14?/m0/s1. The van der Waals surface area contributed by atoms with E-state index >= 15 is 0 Å². The van der Waals surface area contributed by atoms with Crippen molar-refractivity contribution >= 4 is 5.91 Å². The lowest BCUT2D eigenvalue weighted by Gasteiger charge is -2.31. The molecule has 2 aromatic heterocycles. The molecule has 3 atom stereocenters. The third kappa shape index (κ3) is 4.49. The van der Waals surface area contributed by atoms with Gasteiger partial charge < -0.3 is 4.90 Å². The van der Waals surface area contributed by atoms with Crippen LogP contribution in [0.4, 0.5) is 26.3 Å². The summed E-state index contributed by atoms with van der Waals surface area (Å²) in [7, 11) is 0. The molecular weight excluding hydrogens is 456 g/mol. The highest BCUT2D eigenvalue weighted by atomic mass is 19.4. The number of hydrogen-bond acceptors (Lipinski definition) is 4. The van der Waals surface area contributed by atoms with Crippen molar-refractivity contribution in [2.24, 2.45) is 5.92 Å². The number of pyridine rings is 1. The summed E-state index contributed by atoms with van der Waals surface area (Å²) in [5.41, 5.74) is -1.89. The molecule has 1 amide bonds. The number of fused-ring (bicyclic) bond motifs is 1. The van der Waals surface area contributed by atoms with Crippen LogP contribution in [0.5, 0.6) is 0 Å². The fourth-order valence-corrected chi connectivity index (χ4v) is 4.40. The van der Waals surface area contributed by atoms with Gasteiger partial charge >= 0.3 is 18.0 Å². The summed E-state index contributed by atoms with van der Waals surface area (Å²) < 4.78 is 80.6. The molecule has 33 heavy (non-hydrogen) atoms. The number of likely N-dealkylation sites (tertiary alicyclic amines) is 1. The van der Waals surface area contributed by atoms with Gasteiger partial charge in [-0.25, -0.2) is 9.48 Å². The Balaban J connectivity index is 1.69. The molecule has 0 aromatic carbocycles. The summed E-state index contributed by atoms with van der Waals surface area (Å²) in [6.45, 7) is 2.51. The average Bonchev–Trinajstić information content (AvgIpc) is 3.30. The van der Waals surface area contributed by atoms with Gasteiger partial charge in [0.15, 0.2) is 0 Å². The molecule has 13 heteroatoms. The molecule has 1 fully saturated rings. The second kappa shape index (κ2) is 8.17. The summed E-state index contributed by atoms with van der Waals surface area (Å²) in [5.74, 6) is -2.73. The lowest BCUT2D eigenvalue weighted by atomic mass is 9.93. The van der Waals surface area contributed by atoms with Crippen LogP contribution in [0.2, 0.25) is 0 Å². The smallest absolute Gasteiger partial charge is 0.341 e. The maximum absolute atomic E-state index is 13.6. The summed E-state index contributed by atoms with van der Waals surface area (Å²) in [4.78, 5) is 30.9. The Morgan fingerprint density at radius 1 is 1.12 bits per heavy atom. The molecule has 4 heterocycles. The van der Waals surface area contributed by atoms with Crippen LogP contribution in [-0.2, 0) is 17.5 Å². The maximum Gasteiger partial charge on any atom is 0.433 e. The van der Waals surface area contributed by atoms with Crippen LogP contribution in [0, 0.1) is 5.92 Å². The highest BCUT2D eigenvalue weighted by Gasteiger charge is 2.49. The van der Waals surface area contributed by atoms with Gasteiger partial charge in [-0.3, -0.25) is 14.3 Å². The van der Waals surface area contributed by atoms with Crippen molar-refractivity contribution in [1.29, 1.82) is 0 Å². The molecule has 2 aromatic rings. The minimum absolute atomic E-state index is 0.153. The van der Waals surface area contributed by atoms with E-state index in [1.807, 2.05) is 6.92 Å². The quantitative estimate of drug-likeness (QED) is 0.636. The van der Waals surface area contributed by atoms with E-state index < -0.39 is 47.4 Å². The van der Waals surface area contributed by atoms with E-state index in [1.165, 1.54) is 0 Å². The molecule has 0 saturated carbocycles. The SMILES string of the molecule is C[C@H]1CCN(C(=O)C2CCC(C(F)(F)F)c3nn(Cc4ccc(C(F)(F)F)nc4)c(=O)n32)C1. The number of rotatable bonds is 3. The van der Waals surface area contributed by atoms with Crippen molar-refractivity contribution < 1.29 is 31.1 Å². The van der Waals surface area contributed by atoms with Crippen molar-refractivity contribution in [2.75, 3.05) is 13.1 Å². The molecule has 0 radical (unpaired) electrons. The van der Waals surface area contributed by atoms with Crippen LogP contribution in [0.15, 0.2) is 23.1 Å². The summed E-state index contributed by atoms with van der Waals surface area (Å²) in [6, 6.07) is 0.696. The second-order valence-corrected chi connectivity index (χ2v) is 8.58. The van der Waals surface area contributed by atoms with Gasteiger partial charge in [0.25, 0.3) is 0 Å². The van der Waals surface area contributed by atoms with Crippen LogP contribution in [-0.4, -0.2) is 49.4 Å². The number of aromatic nitrogens is 4. The minimum atomic E-state index is -4.67. The third-order valence-electron chi connectivity index (χ3n) is 6.11. The molecule has 2 aliphatic rings. The lowest BCUT2D eigenvalue weighted by molar-refractivity contribution is -0.160. The van der Waals surface area contributed by atoms with Gasteiger partial charge in [-0.15, -0.1) is 0 Å². The Kier molecular flexibility index (Phi) is 5.77. The van der Waals surface area contributed by atoms with Crippen LogP contribution >= 0.6 is 0 Å². The fourth-order valence-electron chi connectivity index (χ4n) is 4.40. The van der Waals surface area contributed by atoms with E-state index in [-0.39, 0.29) is 30.9 Å². The van der Waals surface area contributed by atoms with Crippen molar-refractivity contribution in [3.05, 3.63) is 45.9 Å². The largest absolute Gasteiger partial charge is 0.433 e. The van der Waals surface area contributed by atoms with Crippen LogP contribution < -0.4 is 5.69 Å². The third-order valence-corrected chi connectivity index (χ3v) is 6.11. The number of hydrogen-bond donors (Lipinski definition) is 0. The van der Waals surface area contributed by atoms with Gasteiger partial charge in [-0.1, -0.05) is 13.0 Å². The molecule has 1 saturated heterocycles. The van der Waals surface area contributed by atoms with Gasteiger partial charge in [0.05, 0.1) is 6.54 Å². The predicted octanol–water partition coefficient (Wildman–Crippen LogP) is 3.36. The Hall–Kier alpha value is -2.86. The number of carbonyl (C=O) groups excluding carboxylic acids is 1. The van der Waals surface area contributed by atoms with Gasteiger partial charge in [0, 0.05) is 19.3 Å². The fraction of sp³-hybridized carbons (Fsp3) is 0.600. The predicted molar refractivity (Wildman–Crippen MR) is 102 cm³/mol. The number of nitrogens with zero attached hydrogens (tertiary/aromatic N) is 5. The van der Waals surface area contributed by atoms with Crippen molar-refractivity contribution in [2.45, 2.75) is 57.0 Å². The number of carbonyl (C=O) groups is 1. The first-order valence-electron chi connectivity index (χ1n) is 10.4. The average molecular weight is 477 g/mol. The van der Waals surface area contributed by atoms with E-state index in [2.05, 4.69) is 10.1 Å². The molecule has 0 bridgehead atoms. The molecule has 2 unspecified atom stereocenters. The normalized spacial score (nSPS) is 23.6. The van der Waals surface area contributed by atoms with Gasteiger partial charge in [-0.05, 0) is 36.8 Å². The van der Waals surface area contributed by atoms with Crippen molar-refractivity contribution in [3.8, 4) is 0 Å². The lowest BCUT2D eigenvalue weighted by Crippen LogP contribution is -2.43. The van der Waals surface area contributed by atoms with E-state index in [1.54, 1.807) is 4.90 Å². The Labute approximate surface area is 184 Å². The van der Waals surface area contributed by atoms with E-state index in [0.29, 0.717) is 13.1 Å². The molecular formula is C20H21F6N5O2. The van der Waals surface area contributed by atoms with E-state index in [9.17, 15) is 35.9 Å². The van der Waals surface area contributed by atoms with E-state index in [0.717, 1.165) is 34.0 Å². The minimum Gasteiger partial charge on any atom is -0.341 e. The molecule has 2 aliphatic heterocycles. The number of halogens is 6. The van der Waals surface area contributed by atoms with E-state index in [4.69, 9.17) is 0 Å². The van der Waals surface area contributed by atoms with Gasteiger partial charge in [0.2, 0.25) is 5.91 Å². The first-order valence-corrected chi connectivity index (χ1v) is 10.4. The van der Waals surface area contributed by atoms with Crippen molar-refractivity contribution in [1.82, 2.24) is 24.2 Å². The Bertz CT molecular complexity index is 1090. The Morgan fingerprint density at radius 3 is 2.39 bits per heavy atom. The highest BCUT2D eigenvalue weighted by molar-refractivity contribution is 5.81. The molecule has 180 valence electrons. The number of amides is 1. The number of alkyl halides is 6. The van der Waals surface area contributed by atoms with Crippen LogP contribution in [0.25, 0.3) is 0 Å². The highest BCUT2D eigenvalue weighted by Crippen LogP contribution is 2.43. The zero-order valence-corrected chi connectivity index (χ0v) is 17.5. The maximum atomic E-state index is 13.6. The molecule has 0 aliphatic carbocycles.